The van der Waals surface area contributed by atoms with Gasteiger partial charge in [0.25, 0.3) is 0 Å². The summed E-state index contributed by atoms with van der Waals surface area (Å²) in [5, 5.41) is 5.01. The summed E-state index contributed by atoms with van der Waals surface area (Å²) < 4.78 is 10.5. The van der Waals surface area contributed by atoms with Crippen LogP contribution in [0, 0.1) is 0 Å². The zero-order valence-corrected chi connectivity index (χ0v) is 12.9. The monoisotopic (exact) mass is 307 g/mol. The van der Waals surface area contributed by atoms with Gasteiger partial charge < -0.3 is 20.5 Å². The Morgan fingerprint density at radius 3 is 2.76 bits per heavy atom. The smallest absolute Gasteiger partial charge is 0.242 e. The summed E-state index contributed by atoms with van der Waals surface area (Å²) in [6, 6.07) is 4.88. The third kappa shape index (κ3) is 3.50. The van der Waals surface area contributed by atoms with Crippen molar-refractivity contribution in [1.29, 1.82) is 0 Å². The number of anilines is 1. The normalized spacial score (nSPS) is 11.8. The average Bonchev–Trinajstić information content (AvgIpc) is 2.94. The fraction of sp³-hybridized carbons (Fsp3) is 0.286. The van der Waals surface area contributed by atoms with Crippen LogP contribution in [-0.2, 0) is 4.79 Å². The summed E-state index contributed by atoms with van der Waals surface area (Å²) in [4.78, 5) is 15.9. The van der Waals surface area contributed by atoms with Crippen LogP contribution in [0.15, 0.2) is 23.6 Å². The third-order valence-corrected chi connectivity index (χ3v) is 3.59. The minimum Gasteiger partial charge on any atom is -0.497 e. The second kappa shape index (κ2) is 6.55. The number of ether oxygens (including phenoxy) is 2. The van der Waals surface area contributed by atoms with Crippen molar-refractivity contribution in [2.24, 2.45) is 5.73 Å². The van der Waals surface area contributed by atoms with Gasteiger partial charge in [0.1, 0.15) is 11.5 Å². The number of aromatic nitrogens is 1. The minimum absolute atomic E-state index is 0.270. The van der Waals surface area contributed by atoms with Gasteiger partial charge in [0.15, 0.2) is 5.13 Å². The van der Waals surface area contributed by atoms with Crippen LogP contribution in [0.3, 0.4) is 0 Å². The van der Waals surface area contributed by atoms with E-state index in [2.05, 4.69) is 10.3 Å². The number of methoxy groups -OCH3 is 2. The molecule has 0 bridgehead atoms. The van der Waals surface area contributed by atoms with E-state index in [9.17, 15) is 4.79 Å². The van der Waals surface area contributed by atoms with E-state index in [4.69, 9.17) is 15.2 Å². The molecular formula is C14H17N3O3S. The Morgan fingerprint density at radius 1 is 1.38 bits per heavy atom. The first-order chi connectivity index (χ1) is 10.0. The van der Waals surface area contributed by atoms with E-state index in [1.165, 1.54) is 11.3 Å². The maximum absolute atomic E-state index is 11.6. The molecule has 3 N–H and O–H groups in total. The molecule has 0 spiro atoms. The van der Waals surface area contributed by atoms with E-state index in [0.29, 0.717) is 22.3 Å². The molecule has 0 aliphatic carbocycles. The van der Waals surface area contributed by atoms with E-state index in [1.54, 1.807) is 21.1 Å². The molecule has 2 rings (SSSR count). The second-order valence-electron chi connectivity index (χ2n) is 4.38. The van der Waals surface area contributed by atoms with Crippen molar-refractivity contribution in [3.63, 3.8) is 0 Å². The quantitative estimate of drug-likeness (QED) is 0.883. The first kappa shape index (κ1) is 15.3. The van der Waals surface area contributed by atoms with Gasteiger partial charge in [-0.15, -0.1) is 11.3 Å². The highest BCUT2D eigenvalue weighted by Crippen LogP contribution is 2.34. The molecule has 0 radical (unpaired) electrons. The molecule has 0 unspecified atom stereocenters. The number of nitrogens with zero attached hydrogens (tertiary/aromatic N) is 1. The summed E-state index contributed by atoms with van der Waals surface area (Å²) in [7, 11) is 3.19. The van der Waals surface area contributed by atoms with Gasteiger partial charge in [0.05, 0.1) is 26.0 Å². The molecule has 7 heteroatoms. The summed E-state index contributed by atoms with van der Waals surface area (Å²) in [5.41, 5.74) is 7.02. The Balaban J connectivity index is 2.30. The lowest BCUT2D eigenvalue weighted by Crippen LogP contribution is -2.32. The molecule has 21 heavy (non-hydrogen) atoms. The number of thiazole rings is 1. The van der Waals surface area contributed by atoms with Crippen LogP contribution in [0.2, 0.25) is 0 Å². The van der Waals surface area contributed by atoms with Crippen LogP contribution in [0.5, 0.6) is 11.5 Å². The van der Waals surface area contributed by atoms with Crippen LogP contribution in [0.25, 0.3) is 11.3 Å². The standard InChI is InChI=1S/C14H17N3O3S/c1-8(15)13(18)17-14-16-11(7-21-14)10-6-9(19-2)4-5-12(10)20-3/h4-8H,15H2,1-3H3,(H,16,17,18)/t8-/m1/s1. The van der Waals surface area contributed by atoms with E-state index in [0.717, 1.165) is 5.56 Å². The molecule has 0 aliphatic heterocycles. The van der Waals surface area contributed by atoms with E-state index >= 15 is 0 Å². The zero-order valence-electron chi connectivity index (χ0n) is 12.0. The number of carbonyl (C=O) groups excluding carboxylic acids is 1. The van der Waals surface area contributed by atoms with Gasteiger partial charge in [-0.05, 0) is 25.1 Å². The van der Waals surface area contributed by atoms with Crippen molar-refractivity contribution in [3.8, 4) is 22.8 Å². The SMILES string of the molecule is COc1ccc(OC)c(-c2csc(NC(=O)[C@@H](C)N)n2)c1. The van der Waals surface area contributed by atoms with Gasteiger partial charge in [-0.25, -0.2) is 4.98 Å². The van der Waals surface area contributed by atoms with Gasteiger partial charge >= 0.3 is 0 Å². The van der Waals surface area contributed by atoms with Gasteiger partial charge in [0, 0.05) is 10.9 Å². The fourth-order valence-corrected chi connectivity index (χ4v) is 2.40. The fourth-order valence-electron chi connectivity index (χ4n) is 1.69. The molecule has 2 aromatic rings. The number of nitrogens with two attached hydrogens (primary N) is 1. The van der Waals surface area contributed by atoms with Crippen LogP contribution < -0.4 is 20.5 Å². The van der Waals surface area contributed by atoms with Crippen molar-refractivity contribution >= 4 is 22.4 Å². The van der Waals surface area contributed by atoms with Crippen molar-refractivity contribution in [3.05, 3.63) is 23.6 Å². The topological polar surface area (TPSA) is 86.5 Å². The summed E-state index contributed by atoms with van der Waals surface area (Å²) in [6.07, 6.45) is 0. The lowest BCUT2D eigenvalue weighted by atomic mass is 10.1. The lowest BCUT2D eigenvalue weighted by molar-refractivity contribution is -0.117. The van der Waals surface area contributed by atoms with Gasteiger partial charge in [-0.2, -0.15) is 0 Å². The molecule has 6 nitrogen and oxygen atoms in total. The molecule has 0 aliphatic rings. The number of amides is 1. The average molecular weight is 307 g/mol. The molecule has 0 saturated heterocycles. The zero-order chi connectivity index (χ0) is 15.4. The van der Waals surface area contributed by atoms with Crippen molar-refractivity contribution in [2.45, 2.75) is 13.0 Å². The molecule has 1 aromatic heterocycles. The van der Waals surface area contributed by atoms with Crippen molar-refractivity contribution < 1.29 is 14.3 Å². The third-order valence-electron chi connectivity index (χ3n) is 2.83. The lowest BCUT2D eigenvalue weighted by Gasteiger charge is -2.08. The maximum Gasteiger partial charge on any atom is 0.242 e. The Bertz CT molecular complexity index is 640. The molecule has 0 fully saturated rings. The van der Waals surface area contributed by atoms with Crippen LogP contribution in [-0.4, -0.2) is 31.2 Å². The number of hydrogen-bond donors (Lipinski definition) is 2. The number of benzene rings is 1. The highest BCUT2D eigenvalue weighted by atomic mass is 32.1. The summed E-state index contributed by atoms with van der Waals surface area (Å²) in [5.74, 6) is 1.12. The Kier molecular flexibility index (Phi) is 4.77. The maximum atomic E-state index is 11.6. The number of rotatable bonds is 5. The molecule has 112 valence electrons. The molecule has 0 saturated carbocycles. The molecule has 1 aromatic carbocycles. The highest BCUT2D eigenvalue weighted by Gasteiger charge is 2.14. The molecular weight excluding hydrogens is 290 g/mol. The second-order valence-corrected chi connectivity index (χ2v) is 5.24. The Morgan fingerprint density at radius 2 is 2.14 bits per heavy atom. The van der Waals surface area contributed by atoms with E-state index < -0.39 is 6.04 Å². The van der Waals surface area contributed by atoms with E-state index in [1.807, 2.05) is 23.6 Å². The first-order valence-electron chi connectivity index (χ1n) is 6.29. The Hall–Kier alpha value is -2.12. The van der Waals surface area contributed by atoms with Crippen molar-refractivity contribution in [2.75, 3.05) is 19.5 Å². The molecule has 1 atom stereocenters. The van der Waals surface area contributed by atoms with Crippen LogP contribution >= 0.6 is 11.3 Å². The number of carbonyl (C=O) groups is 1. The van der Waals surface area contributed by atoms with Crippen LogP contribution in [0.1, 0.15) is 6.92 Å². The Labute approximate surface area is 126 Å². The van der Waals surface area contributed by atoms with Gasteiger partial charge in [-0.1, -0.05) is 0 Å². The largest absolute Gasteiger partial charge is 0.497 e. The predicted octanol–water partition coefficient (Wildman–Crippen LogP) is 2.11. The molecule has 1 heterocycles. The van der Waals surface area contributed by atoms with Gasteiger partial charge in [-0.3, -0.25) is 4.79 Å². The number of nitrogens with one attached hydrogen (secondary N) is 1. The van der Waals surface area contributed by atoms with E-state index in [-0.39, 0.29) is 5.91 Å². The summed E-state index contributed by atoms with van der Waals surface area (Å²) in [6.45, 7) is 1.62. The number of hydrogen-bond acceptors (Lipinski definition) is 6. The van der Waals surface area contributed by atoms with Crippen molar-refractivity contribution in [1.82, 2.24) is 4.98 Å². The first-order valence-corrected chi connectivity index (χ1v) is 7.17. The van der Waals surface area contributed by atoms with Gasteiger partial charge in [0.2, 0.25) is 5.91 Å². The summed E-state index contributed by atoms with van der Waals surface area (Å²) >= 11 is 1.33. The highest BCUT2D eigenvalue weighted by molar-refractivity contribution is 7.14. The van der Waals surface area contributed by atoms with Crippen LogP contribution in [0.4, 0.5) is 5.13 Å². The predicted molar refractivity (Wildman–Crippen MR) is 82.9 cm³/mol. The minimum atomic E-state index is -0.580. The molecule has 1 amide bonds.